The minimum atomic E-state index is -3.33. The monoisotopic (exact) mass is 152 g/mol. The summed E-state index contributed by atoms with van der Waals surface area (Å²) in [6.45, 7) is 1.93. The summed E-state index contributed by atoms with van der Waals surface area (Å²) in [5, 5.41) is 0. The van der Waals surface area contributed by atoms with E-state index in [9.17, 15) is 8.78 Å². The van der Waals surface area contributed by atoms with Gasteiger partial charge in [0.05, 0.1) is 12.7 Å². The van der Waals surface area contributed by atoms with Crippen molar-refractivity contribution in [3.05, 3.63) is 0 Å². The molecule has 1 rings (SSSR count). The predicted molar refractivity (Wildman–Crippen MR) is 30.7 cm³/mol. The molecule has 10 heavy (non-hydrogen) atoms. The van der Waals surface area contributed by atoms with Gasteiger partial charge < -0.3 is 0 Å². The maximum Gasteiger partial charge on any atom is 0.485 e. The SMILES string of the molecule is CCCC1COC(F)(F)O1. The van der Waals surface area contributed by atoms with E-state index in [-0.39, 0.29) is 6.61 Å². The maximum absolute atomic E-state index is 12.1. The Bertz CT molecular complexity index is 116. The van der Waals surface area contributed by atoms with Gasteiger partial charge in [-0.05, 0) is 6.42 Å². The lowest BCUT2D eigenvalue weighted by Crippen LogP contribution is -2.17. The van der Waals surface area contributed by atoms with Gasteiger partial charge in [-0.25, -0.2) is 0 Å². The molecule has 2 nitrogen and oxygen atoms in total. The number of rotatable bonds is 2. The molecule has 4 heteroatoms. The van der Waals surface area contributed by atoms with Crippen LogP contribution in [0.1, 0.15) is 19.8 Å². The molecule has 0 aromatic carbocycles. The number of hydrogen-bond acceptors (Lipinski definition) is 2. The lowest BCUT2D eigenvalue weighted by atomic mass is 10.2. The highest BCUT2D eigenvalue weighted by Crippen LogP contribution is 2.28. The molecule has 1 aliphatic heterocycles. The number of hydrogen-bond donors (Lipinski definition) is 0. The highest BCUT2D eigenvalue weighted by Gasteiger charge is 2.42. The van der Waals surface area contributed by atoms with Gasteiger partial charge in [0.25, 0.3) is 0 Å². The smallest absolute Gasteiger partial charge is 0.293 e. The lowest BCUT2D eigenvalue weighted by Gasteiger charge is -2.06. The van der Waals surface area contributed by atoms with Crippen molar-refractivity contribution in [3.8, 4) is 0 Å². The molecule has 1 unspecified atom stereocenters. The standard InChI is InChI=1S/C6H10F2O2/c1-2-3-5-4-9-6(7,8)10-5/h5H,2-4H2,1H3. The average Bonchev–Trinajstić information content (AvgIpc) is 2.12. The molecule has 0 saturated carbocycles. The van der Waals surface area contributed by atoms with Crippen LogP contribution in [0.4, 0.5) is 8.78 Å². The third kappa shape index (κ3) is 1.88. The van der Waals surface area contributed by atoms with E-state index < -0.39 is 12.4 Å². The van der Waals surface area contributed by atoms with Crippen LogP contribution in [0.3, 0.4) is 0 Å². The molecule has 0 aromatic rings. The molecule has 0 amide bonds. The van der Waals surface area contributed by atoms with Crippen LogP contribution >= 0.6 is 0 Å². The molecule has 1 atom stereocenters. The van der Waals surface area contributed by atoms with Gasteiger partial charge in [0.1, 0.15) is 0 Å². The van der Waals surface area contributed by atoms with E-state index in [0.717, 1.165) is 6.42 Å². The average molecular weight is 152 g/mol. The van der Waals surface area contributed by atoms with E-state index >= 15 is 0 Å². The summed E-state index contributed by atoms with van der Waals surface area (Å²) >= 11 is 0. The van der Waals surface area contributed by atoms with E-state index in [1.807, 2.05) is 6.92 Å². The Morgan fingerprint density at radius 1 is 1.60 bits per heavy atom. The summed E-state index contributed by atoms with van der Waals surface area (Å²) in [7, 11) is 0. The zero-order valence-corrected chi connectivity index (χ0v) is 5.77. The van der Waals surface area contributed by atoms with E-state index in [4.69, 9.17) is 0 Å². The Morgan fingerprint density at radius 3 is 2.70 bits per heavy atom. The van der Waals surface area contributed by atoms with Gasteiger partial charge in [-0.1, -0.05) is 13.3 Å². The van der Waals surface area contributed by atoms with E-state index in [1.54, 1.807) is 0 Å². The predicted octanol–water partition coefficient (Wildman–Crippen LogP) is 1.75. The van der Waals surface area contributed by atoms with Crippen molar-refractivity contribution >= 4 is 0 Å². The molecule has 0 aliphatic carbocycles. The number of ether oxygens (including phenoxy) is 2. The fraction of sp³-hybridized carbons (Fsp3) is 1.00. The molecule has 0 bridgehead atoms. The second-order valence-electron chi connectivity index (χ2n) is 2.30. The van der Waals surface area contributed by atoms with Crippen LogP contribution in [0.25, 0.3) is 0 Å². The topological polar surface area (TPSA) is 18.5 Å². The van der Waals surface area contributed by atoms with Crippen LogP contribution in [-0.4, -0.2) is 19.0 Å². The normalized spacial score (nSPS) is 30.9. The van der Waals surface area contributed by atoms with Crippen molar-refractivity contribution in [2.75, 3.05) is 6.61 Å². The van der Waals surface area contributed by atoms with Crippen molar-refractivity contribution in [1.82, 2.24) is 0 Å². The molecular formula is C6H10F2O2. The molecule has 1 fully saturated rings. The fourth-order valence-corrected chi connectivity index (χ4v) is 0.916. The van der Waals surface area contributed by atoms with E-state index in [0.29, 0.717) is 6.42 Å². The molecule has 0 N–H and O–H groups in total. The van der Waals surface area contributed by atoms with Crippen LogP contribution in [-0.2, 0) is 9.47 Å². The summed E-state index contributed by atoms with van der Waals surface area (Å²) in [5.41, 5.74) is 0. The van der Waals surface area contributed by atoms with Crippen molar-refractivity contribution in [1.29, 1.82) is 0 Å². The second-order valence-corrected chi connectivity index (χ2v) is 2.30. The summed E-state index contributed by atoms with van der Waals surface area (Å²) in [5.74, 6) is 0. The van der Waals surface area contributed by atoms with Crippen LogP contribution in [0.15, 0.2) is 0 Å². The van der Waals surface area contributed by atoms with E-state index in [2.05, 4.69) is 9.47 Å². The van der Waals surface area contributed by atoms with Crippen molar-refractivity contribution < 1.29 is 18.3 Å². The first-order valence-corrected chi connectivity index (χ1v) is 3.33. The van der Waals surface area contributed by atoms with Gasteiger partial charge in [-0.2, -0.15) is 0 Å². The van der Waals surface area contributed by atoms with Crippen LogP contribution < -0.4 is 0 Å². The summed E-state index contributed by atoms with van der Waals surface area (Å²) in [6.07, 6.45) is -2.28. The zero-order chi connectivity index (χ0) is 7.61. The summed E-state index contributed by atoms with van der Waals surface area (Å²) < 4.78 is 32.4. The molecule has 1 heterocycles. The Morgan fingerprint density at radius 2 is 2.30 bits per heavy atom. The minimum Gasteiger partial charge on any atom is -0.293 e. The quantitative estimate of drug-likeness (QED) is 0.600. The number of alkyl halides is 2. The first-order chi connectivity index (χ1) is 4.64. The van der Waals surface area contributed by atoms with Crippen molar-refractivity contribution in [3.63, 3.8) is 0 Å². The zero-order valence-electron chi connectivity index (χ0n) is 5.77. The minimum absolute atomic E-state index is 0.0147. The fourth-order valence-electron chi connectivity index (χ4n) is 0.916. The van der Waals surface area contributed by atoms with Crippen LogP contribution in [0.2, 0.25) is 0 Å². The second kappa shape index (κ2) is 2.80. The van der Waals surface area contributed by atoms with Gasteiger partial charge in [0.2, 0.25) is 0 Å². The Hall–Kier alpha value is -0.220. The van der Waals surface area contributed by atoms with E-state index in [1.165, 1.54) is 0 Å². The first-order valence-electron chi connectivity index (χ1n) is 3.33. The molecule has 1 aliphatic rings. The highest BCUT2D eigenvalue weighted by molar-refractivity contribution is 4.62. The summed E-state index contributed by atoms with van der Waals surface area (Å²) in [6, 6.07) is 0. The van der Waals surface area contributed by atoms with Crippen molar-refractivity contribution in [2.45, 2.75) is 32.2 Å². The molecule has 0 radical (unpaired) electrons. The Balaban J connectivity index is 2.29. The molecule has 1 saturated heterocycles. The first kappa shape index (κ1) is 7.88. The molecule has 60 valence electrons. The van der Waals surface area contributed by atoms with Gasteiger partial charge in [0, 0.05) is 0 Å². The van der Waals surface area contributed by atoms with Gasteiger partial charge in [-0.3, -0.25) is 9.47 Å². The highest BCUT2D eigenvalue weighted by atomic mass is 19.3. The summed E-state index contributed by atoms with van der Waals surface area (Å²) in [4.78, 5) is 0. The van der Waals surface area contributed by atoms with Crippen LogP contribution in [0.5, 0.6) is 0 Å². The molecule has 0 aromatic heterocycles. The molecular weight excluding hydrogens is 142 g/mol. The van der Waals surface area contributed by atoms with Crippen molar-refractivity contribution in [2.24, 2.45) is 0 Å². The third-order valence-corrected chi connectivity index (χ3v) is 1.35. The maximum atomic E-state index is 12.1. The van der Waals surface area contributed by atoms with Gasteiger partial charge >= 0.3 is 6.29 Å². The third-order valence-electron chi connectivity index (χ3n) is 1.35. The lowest BCUT2D eigenvalue weighted by molar-refractivity contribution is -0.346. The van der Waals surface area contributed by atoms with Gasteiger partial charge in [-0.15, -0.1) is 8.78 Å². The molecule has 0 spiro atoms. The van der Waals surface area contributed by atoms with Crippen LogP contribution in [0, 0.1) is 0 Å². The number of halogens is 2. The van der Waals surface area contributed by atoms with Gasteiger partial charge in [0.15, 0.2) is 0 Å². The Labute approximate surface area is 58.1 Å². The Kier molecular flexibility index (Phi) is 2.21. The largest absolute Gasteiger partial charge is 0.485 e.